The van der Waals surface area contributed by atoms with Crippen LogP contribution in [0.3, 0.4) is 0 Å². The van der Waals surface area contributed by atoms with Crippen molar-refractivity contribution >= 4 is 6.09 Å². The minimum Gasteiger partial charge on any atom is -0.497 e. The van der Waals surface area contributed by atoms with Crippen LogP contribution >= 0.6 is 0 Å². The highest BCUT2D eigenvalue weighted by atomic mass is 16.5. The van der Waals surface area contributed by atoms with Crippen LogP contribution in [0, 0.1) is 0 Å². The van der Waals surface area contributed by atoms with Gasteiger partial charge in [0.15, 0.2) is 0 Å². The topological polar surface area (TPSA) is 47.6 Å². The summed E-state index contributed by atoms with van der Waals surface area (Å²) in [6.07, 6.45) is -0.470. The van der Waals surface area contributed by atoms with E-state index in [1.807, 2.05) is 24.3 Å². The van der Waals surface area contributed by atoms with Gasteiger partial charge in [0, 0.05) is 12.5 Å². The molecule has 1 N–H and O–H groups in total. The smallest absolute Gasteiger partial charge is 0.412 e. The number of benzene rings is 2. The molecule has 0 spiro atoms. The molecule has 0 fully saturated rings. The zero-order chi connectivity index (χ0) is 16.2. The number of methoxy groups -OCH3 is 1. The fraction of sp³-hybridized carbons (Fsp3) is 0.278. The molecule has 2 rings (SSSR count). The Bertz CT molecular complexity index is 630. The monoisotopic (exact) mass is 299 g/mol. The lowest BCUT2D eigenvalue weighted by atomic mass is 9.78. The third-order valence-corrected chi connectivity index (χ3v) is 3.80. The molecule has 116 valence electrons. The maximum atomic E-state index is 11.2. The first-order valence-electron chi connectivity index (χ1n) is 7.12. The molecule has 4 heteroatoms. The van der Waals surface area contributed by atoms with Crippen molar-refractivity contribution in [3.63, 3.8) is 0 Å². The van der Waals surface area contributed by atoms with Gasteiger partial charge in [-0.05, 0) is 35.4 Å². The van der Waals surface area contributed by atoms with Gasteiger partial charge < -0.3 is 14.8 Å². The molecule has 1 amide bonds. The van der Waals surface area contributed by atoms with Gasteiger partial charge in [0.2, 0.25) is 0 Å². The maximum absolute atomic E-state index is 11.2. The molecule has 2 aromatic rings. The highest BCUT2D eigenvalue weighted by Crippen LogP contribution is 2.33. The maximum Gasteiger partial charge on any atom is 0.412 e. The van der Waals surface area contributed by atoms with E-state index >= 15 is 0 Å². The van der Waals surface area contributed by atoms with Crippen molar-refractivity contribution in [3.8, 4) is 11.5 Å². The molecule has 4 nitrogen and oxygen atoms in total. The minimum atomic E-state index is -0.470. The van der Waals surface area contributed by atoms with Gasteiger partial charge in [-0.3, -0.25) is 0 Å². The molecule has 0 saturated carbocycles. The zero-order valence-corrected chi connectivity index (χ0v) is 13.3. The van der Waals surface area contributed by atoms with Crippen LogP contribution in [0.2, 0.25) is 0 Å². The van der Waals surface area contributed by atoms with Crippen LogP contribution in [-0.4, -0.2) is 20.3 Å². The van der Waals surface area contributed by atoms with E-state index in [9.17, 15) is 4.79 Å². The summed E-state index contributed by atoms with van der Waals surface area (Å²) in [4.78, 5) is 11.2. The van der Waals surface area contributed by atoms with Gasteiger partial charge in [-0.1, -0.05) is 38.1 Å². The molecule has 0 aromatic heterocycles. The second kappa shape index (κ2) is 6.52. The molecule has 0 radical (unpaired) electrons. The number of amides is 1. The highest BCUT2D eigenvalue weighted by Gasteiger charge is 2.23. The molecule has 0 aliphatic carbocycles. The van der Waals surface area contributed by atoms with Gasteiger partial charge in [-0.25, -0.2) is 4.79 Å². The third kappa shape index (κ3) is 3.39. The molecule has 0 atom stereocenters. The van der Waals surface area contributed by atoms with Crippen molar-refractivity contribution in [2.24, 2.45) is 0 Å². The molecule has 0 aliphatic heterocycles. The Balaban J connectivity index is 2.22. The summed E-state index contributed by atoms with van der Waals surface area (Å²) in [5.41, 5.74) is 2.17. The number of nitrogens with one attached hydrogen (secondary N) is 1. The van der Waals surface area contributed by atoms with E-state index in [0.717, 1.165) is 11.3 Å². The van der Waals surface area contributed by atoms with E-state index in [-0.39, 0.29) is 5.41 Å². The number of ether oxygens (including phenoxy) is 2. The third-order valence-electron chi connectivity index (χ3n) is 3.80. The summed E-state index contributed by atoms with van der Waals surface area (Å²) in [5, 5.41) is 2.42. The van der Waals surface area contributed by atoms with Crippen molar-refractivity contribution in [2.75, 3.05) is 14.2 Å². The SMILES string of the molecule is CNC(=O)Oc1ccc(C(C)(C)c2ccc(OC)cc2)cc1. The Morgan fingerprint density at radius 3 is 1.77 bits per heavy atom. The summed E-state index contributed by atoms with van der Waals surface area (Å²) < 4.78 is 10.3. The van der Waals surface area contributed by atoms with Gasteiger partial charge in [0.1, 0.15) is 11.5 Å². The average Bonchev–Trinajstić information content (AvgIpc) is 2.55. The van der Waals surface area contributed by atoms with Crippen molar-refractivity contribution in [1.29, 1.82) is 0 Å². The molecule has 0 aliphatic rings. The normalized spacial score (nSPS) is 10.9. The van der Waals surface area contributed by atoms with Crippen molar-refractivity contribution in [2.45, 2.75) is 19.3 Å². The first-order chi connectivity index (χ1) is 10.5. The second-order valence-corrected chi connectivity index (χ2v) is 5.52. The Hall–Kier alpha value is -2.49. The predicted molar refractivity (Wildman–Crippen MR) is 86.6 cm³/mol. The van der Waals surface area contributed by atoms with Crippen molar-refractivity contribution in [3.05, 3.63) is 59.7 Å². The molecule has 2 aromatic carbocycles. The van der Waals surface area contributed by atoms with Gasteiger partial charge in [0.25, 0.3) is 0 Å². The van der Waals surface area contributed by atoms with E-state index in [0.29, 0.717) is 5.75 Å². The van der Waals surface area contributed by atoms with Crippen molar-refractivity contribution in [1.82, 2.24) is 5.32 Å². The average molecular weight is 299 g/mol. The first kappa shape index (κ1) is 15.9. The second-order valence-electron chi connectivity index (χ2n) is 5.52. The van der Waals surface area contributed by atoms with E-state index in [2.05, 4.69) is 31.3 Å². The quantitative estimate of drug-likeness (QED) is 0.935. The van der Waals surface area contributed by atoms with Crippen LogP contribution in [0.5, 0.6) is 11.5 Å². The number of hydrogen-bond acceptors (Lipinski definition) is 3. The lowest BCUT2D eigenvalue weighted by molar-refractivity contribution is 0.203. The summed E-state index contributed by atoms with van der Waals surface area (Å²) in [5.74, 6) is 1.36. The predicted octanol–water partition coefficient (Wildman–Crippen LogP) is 3.74. The molecule has 0 unspecified atom stereocenters. The number of carbonyl (C=O) groups excluding carboxylic acids is 1. The summed E-state index contributed by atoms with van der Waals surface area (Å²) in [6.45, 7) is 4.31. The van der Waals surface area contributed by atoms with Crippen molar-refractivity contribution < 1.29 is 14.3 Å². The molecular formula is C18H21NO3. The summed E-state index contributed by atoms with van der Waals surface area (Å²) in [6, 6.07) is 15.6. The molecular weight excluding hydrogens is 278 g/mol. The van der Waals surface area contributed by atoms with Crippen LogP contribution < -0.4 is 14.8 Å². The zero-order valence-electron chi connectivity index (χ0n) is 13.3. The van der Waals surface area contributed by atoms with Crippen LogP contribution in [0.15, 0.2) is 48.5 Å². The van der Waals surface area contributed by atoms with E-state index < -0.39 is 6.09 Å². The number of hydrogen-bond donors (Lipinski definition) is 1. The lowest BCUT2D eigenvalue weighted by Gasteiger charge is -2.26. The lowest BCUT2D eigenvalue weighted by Crippen LogP contribution is -2.22. The minimum absolute atomic E-state index is 0.155. The van der Waals surface area contributed by atoms with E-state index in [4.69, 9.17) is 9.47 Å². The molecule has 0 bridgehead atoms. The van der Waals surface area contributed by atoms with Crippen LogP contribution in [-0.2, 0) is 5.41 Å². The number of carbonyl (C=O) groups is 1. The van der Waals surface area contributed by atoms with Gasteiger partial charge >= 0.3 is 6.09 Å². The molecule has 0 saturated heterocycles. The van der Waals surface area contributed by atoms with Crippen LogP contribution in [0.4, 0.5) is 4.79 Å². The van der Waals surface area contributed by atoms with E-state index in [1.165, 1.54) is 12.6 Å². The molecule has 0 heterocycles. The summed E-state index contributed by atoms with van der Waals surface area (Å²) in [7, 11) is 3.19. The number of rotatable bonds is 4. The Kier molecular flexibility index (Phi) is 4.71. The van der Waals surface area contributed by atoms with E-state index in [1.54, 1.807) is 19.2 Å². The van der Waals surface area contributed by atoms with Crippen LogP contribution in [0.1, 0.15) is 25.0 Å². The first-order valence-corrected chi connectivity index (χ1v) is 7.12. The Morgan fingerprint density at radius 2 is 1.36 bits per heavy atom. The standard InChI is InChI=1S/C18H21NO3/c1-18(2,13-5-9-15(21-4)10-6-13)14-7-11-16(12-8-14)22-17(20)19-3/h5-12H,1-4H3,(H,19,20). The fourth-order valence-corrected chi connectivity index (χ4v) is 2.27. The highest BCUT2D eigenvalue weighted by molar-refractivity contribution is 5.69. The largest absolute Gasteiger partial charge is 0.497 e. The Morgan fingerprint density at radius 1 is 0.909 bits per heavy atom. The van der Waals surface area contributed by atoms with Crippen LogP contribution in [0.25, 0.3) is 0 Å². The van der Waals surface area contributed by atoms with Gasteiger partial charge in [-0.15, -0.1) is 0 Å². The summed E-state index contributed by atoms with van der Waals surface area (Å²) >= 11 is 0. The van der Waals surface area contributed by atoms with Gasteiger partial charge in [0.05, 0.1) is 7.11 Å². The fourth-order valence-electron chi connectivity index (χ4n) is 2.27. The Labute approximate surface area is 131 Å². The van der Waals surface area contributed by atoms with Gasteiger partial charge in [-0.2, -0.15) is 0 Å². The molecule has 22 heavy (non-hydrogen) atoms.